The highest BCUT2D eigenvalue weighted by molar-refractivity contribution is 6.45. The van der Waals surface area contributed by atoms with Gasteiger partial charge < -0.3 is 10.7 Å². The Balaban J connectivity index is 2.35. The molecule has 18 heavy (non-hydrogen) atoms. The lowest BCUT2D eigenvalue weighted by molar-refractivity contribution is 1.31. The maximum absolute atomic E-state index is 8.74. The number of aromatic amines is 1. The summed E-state index contributed by atoms with van der Waals surface area (Å²) in [5, 5.41) is 20.8. The van der Waals surface area contributed by atoms with Gasteiger partial charge in [-0.15, -0.1) is 0 Å². The van der Waals surface area contributed by atoms with Gasteiger partial charge in [-0.25, -0.2) is 0 Å². The summed E-state index contributed by atoms with van der Waals surface area (Å²) >= 11 is 0. The second-order valence-electron chi connectivity index (χ2n) is 3.77. The zero-order valence-corrected chi connectivity index (χ0v) is 9.78. The molecular formula is C12H12N6. The Morgan fingerprint density at radius 3 is 2.94 bits per heavy atom. The molecule has 0 radical (unpaired) electrons. The highest BCUT2D eigenvalue weighted by atomic mass is 15.3. The molecule has 2 rings (SSSR count). The van der Waals surface area contributed by atoms with E-state index in [4.69, 9.17) is 16.4 Å². The fourth-order valence-electron chi connectivity index (χ4n) is 1.67. The van der Waals surface area contributed by atoms with E-state index in [-0.39, 0.29) is 11.5 Å². The normalized spacial score (nSPS) is 11.2. The molecule has 6 nitrogen and oxygen atoms in total. The van der Waals surface area contributed by atoms with Crippen LogP contribution in [0.15, 0.2) is 29.5 Å². The Bertz CT molecular complexity index is 673. The topological polar surface area (TPSA) is 114 Å². The van der Waals surface area contributed by atoms with Crippen LogP contribution in [0, 0.1) is 23.7 Å². The number of nitrogens with two attached hydrogens (primary N) is 1. The van der Waals surface area contributed by atoms with Gasteiger partial charge in [0.1, 0.15) is 6.07 Å². The molecule has 1 aromatic carbocycles. The van der Waals surface area contributed by atoms with Crippen molar-refractivity contribution in [1.29, 1.82) is 10.7 Å². The molecule has 2 aromatic rings. The summed E-state index contributed by atoms with van der Waals surface area (Å²) in [6, 6.07) is 7.49. The SMILES string of the molecule is Cc1c(N/N=C(\C#N)C(=N)N)ccc2[nH]ccc12. The van der Waals surface area contributed by atoms with E-state index in [1.165, 1.54) is 0 Å². The van der Waals surface area contributed by atoms with Crippen molar-refractivity contribution < 1.29 is 0 Å². The second-order valence-corrected chi connectivity index (χ2v) is 3.77. The van der Waals surface area contributed by atoms with Crippen molar-refractivity contribution in [3.05, 3.63) is 30.0 Å². The van der Waals surface area contributed by atoms with E-state index in [0.29, 0.717) is 0 Å². The van der Waals surface area contributed by atoms with Crippen molar-refractivity contribution in [2.45, 2.75) is 6.92 Å². The van der Waals surface area contributed by atoms with E-state index in [9.17, 15) is 0 Å². The number of aryl methyl sites for hydroxylation is 1. The largest absolute Gasteiger partial charge is 0.382 e. The van der Waals surface area contributed by atoms with Crippen LogP contribution in [-0.4, -0.2) is 16.5 Å². The lowest BCUT2D eigenvalue weighted by Gasteiger charge is -2.06. The molecule has 90 valence electrons. The number of H-pyrrole nitrogens is 1. The molecule has 0 aliphatic rings. The van der Waals surface area contributed by atoms with Gasteiger partial charge in [0, 0.05) is 17.1 Å². The molecule has 0 bridgehead atoms. The number of aromatic nitrogens is 1. The van der Waals surface area contributed by atoms with Crippen LogP contribution < -0.4 is 11.2 Å². The zero-order chi connectivity index (χ0) is 13.1. The molecule has 0 amide bonds. The van der Waals surface area contributed by atoms with Gasteiger partial charge in [0.05, 0.1) is 5.69 Å². The number of benzene rings is 1. The van der Waals surface area contributed by atoms with Gasteiger partial charge in [0.25, 0.3) is 0 Å². The molecule has 0 spiro atoms. The molecule has 0 saturated carbocycles. The maximum atomic E-state index is 8.74. The number of nitrogens with one attached hydrogen (secondary N) is 3. The van der Waals surface area contributed by atoms with Gasteiger partial charge in [-0.2, -0.15) is 10.4 Å². The lowest BCUT2D eigenvalue weighted by atomic mass is 10.1. The number of hydrazone groups is 1. The zero-order valence-electron chi connectivity index (χ0n) is 9.78. The summed E-state index contributed by atoms with van der Waals surface area (Å²) < 4.78 is 0. The maximum Gasteiger partial charge on any atom is 0.201 e. The van der Waals surface area contributed by atoms with Crippen LogP contribution in [0.5, 0.6) is 0 Å². The fourth-order valence-corrected chi connectivity index (χ4v) is 1.67. The predicted octanol–water partition coefficient (Wildman–Crippen LogP) is 1.70. The van der Waals surface area contributed by atoms with Crippen LogP contribution >= 0.6 is 0 Å². The highest BCUT2D eigenvalue weighted by Crippen LogP contribution is 2.24. The van der Waals surface area contributed by atoms with Gasteiger partial charge in [-0.3, -0.25) is 10.8 Å². The van der Waals surface area contributed by atoms with Gasteiger partial charge in [0.15, 0.2) is 5.84 Å². The highest BCUT2D eigenvalue weighted by Gasteiger charge is 2.05. The fraction of sp³-hybridized carbons (Fsp3) is 0.0833. The molecule has 1 aromatic heterocycles. The molecule has 0 fully saturated rings. The number of nitriles is 1. The second kappa shape index (κ2) is 4.59. The number of hydrogen-bond donors (Lipinski definition) is 4. The van der Waals surface area contributed by atoms with Gasteiger partial charge >= 0.3 is 0 Å². The van der Waals surface area contributed by atoms with Crippen LogP contribution in [0.3, 0.4) is 0 Å². The molecule has 0 atom stereocenters. The third kappa shape index (κ3) is 2.01. The predicted molar refractivity (Wildman–Crippen MR) is 71.6 cm³/mol. The van der Waals surface area contributed by atoms with Gasteiger partial charge in [-0.05, 0) is 30.7 Å². The van der Waals surface area contributed by atoms with E-state index < -0.39 is 0 Å². The first-order valence-electron chi connectivity index (χ1n) is 5.28. The number of amidine groups is 1. The van der Waals surface area contributed by atoms with Crippen molar-refractivity contribution in [2.24, 2.45) is 10.8 Å². The molecule has 6 heteroatoms. The number of nitrogens with zero attached hydrogens (tertiary/aromatic N) is 2. The summed E-state index contributed by atoms with van der Waals surface area (Å²) in [5.41, 5.74) is 10.7. The average molecular weight is 240 g/mol. The van der Waals surface area contributed by atoms with E-state index in [0.717, 1.165) is 22.2 Å². The van der Waals surface area contributed by atoms with Gasteiger partial charge in [0.2, 0.25) is 5.71 Å². The summed E-state index contributed by atoms with van der Waals surface area (Å²) in [6.07, 6.45) is 1.86. The van der Waals surface area contributed by atoms with Crippen molar-refractivity contribution in [2.75, 3.05) is 5.43 Å². The Morgan fingerprint density at radius 1 is 1.50 bits per heavy atom. The lowest BCUT2D eigenvalue weighted by Crippen LogP contribution is -2.21. The third-order valence-electron chi connectivity index (χ3n) is 2.65. The Labute approximate surface area is 104 Å². The minimum absolute atomic E-state index is 0.136. The number of hydrogen-bond acceptors (Lipinski definition) is 4. The van der Waals surface area contributed by atoms with Crippen molar-refractivity contribution >= 4 is 28.1 Å². The van der Waals surface area contributed by atoms with Gasteiger partial charge in [-0.1, -0.05) is 0 Å². The van der Waals surface area contributed by atoms with Crippen molar-refractivity contribution in [3.8, 4) is 6.07 Å². The average Bonchev–Trinajstić information content (AvgIpc) is 2.81. The van der Waals surface area contributed by atoms with Crippen LogP contribution in [-0.2, 0) is 0 Å². The van der Waals surface area contributed by atoms with Crippen LogP contribution in [0.1, 0.15) is 5.56 Å². The molecule has 1 heterocycles. The molecular weight excluding hydrogens is 228 g/mol. The molecule has 0 saturated heterocycles. The Kier molecular flexibility index (Phi) is 2.98. The van der Waals surface area contributed by atoms with Crippen LogP contribution in [0.4, 0.5) is 5.69 Å². The first-order chi connectivity index (χ1) is 8.63. The first-order valence-corrected chi connectivity index (χ1v) is 5.28. The Hall–Kier alpha value is -2.81. The Morgan fingerprint density at radius 2 is 2.28 bits per heavy atom. The standard InChI is InChI=1S/C12H12N6/c1-7-8-4-5-16-10(8)3-2-9(7)17-18-11(6-13)12(14)15/h2-5,16-17H,1H3,(H3,14,15)/b18-11+. The number of fused-ring (bicyclic) bond motifs is 1. The monoisotopic (exact) mass is 240 g/mol. The van der Waals surface area contributed by atoms with Crippen LogP contribution in [0.25, 0.3) is 10.9 Å². The third-order valence-corrected chi connectivity index (χ3v) is 2.65. The quantitative estimate of drug-likeness (QED) is 0.372. The van der Waals surface area contributed by atoms with Crippen LogP contribution in [0.2, 0.25) is 0 Å². The first kappa shape index (κ1) is 11.7. The molecule has 0 aliphatic heterocycles. The smallest absolute Gasteiger partial charge is 0.201 e. The summed E-state index contributed by atoms with van der Waals surface area (Å²) in [4.78, 5) is 3.11. The van der Waals surface area contributed by atoms with E-state index >= 15 is 0 Å². The van der Waals surface area contributed by atoms with Crippen molar-refractivity contribution in [3.63, 3.8) is 0 Å². The molecule has 0 aliphatic carbocycles. The summed E-state index contributed by atoms with van der Waals surface area (Å²) in [5.74, 6) is -0.356. The van der Waals surface area contributed by atoms with Crippen molar-refractivity contribution in [1.82, 2.24) is 4.98 Å². The molecule has 5 N–H and O–H groups in total. The van der Waals surface area contributed by atoms with E-state index in [1.54, 1.807) is 6.07 Å². The molecule has 0 unspecified atom stereocenters. The number of rotatable bonds is 3. The van der Waals surface area contributed by atoms with E-state index in [2.05, 4.69) is 15.5 Å². The number of anilines is 1. The van der Waals surface area contributed by atoms with E-state index in [1.807, 2.05) is 31.3 Å². The minimum atomic E-state index is -0.356. The summed E-state index contributed by atoms with van der Waals surface area (Å²) in [6.45, 7) is 1.95. The summed E-state index contributed by atoms with van der Waals surface area (Å²) in [7, 11) is 0. The minimum Gasteiger partial charge on any atom is -0.382 e.